The van der Waals surface area contributed by atoms with Crippen molar-refractivity contribution < 1.29 is 49.8 Å². The Morgan fingerprint density at radius 1 is 0.708 bits per heavy atom. The standard InChI is InChI=1S/C12H20N2O10/c15-8(16)5-13(6-9(17)18)3-1-2-4-14(7-10(19)20)12(23,24)11(21)22/h23-24H,1-7H2,(H,15,16)(H,17,18)(H,19,20)(H,21,22). The molecule has 0 rings (SSSR count). The molecule has 0 aliphatic heterocycles. The van der Waals surface area contributed by atoms with Crippen molar-refractivity contribution in [2.45, 2.75) is 18.8 Å². The van der Waals surface area contributed by atoms with Gasteiger partial charge < -0.3 is 30.6 Å². The van der Waals surface area contributed by atoms with E-state index in [0.29, 0.717) is 4.90 Å². The molecular weight excluding hydrogens is 332 g/mol. The average molecular weight is 352 g/mol. The normalized spacial score (nSPS) is 11.7. The number of hydrogen-bond donors (Lipinski definition) is 6. The van der Waals surface area contributed by atoms with E-state index in [1.807, 2.05) is 0 Å². The third-order valence-electron chi connectivity index (χ3n) is 2.92. The number of carboxylic acids is 4. The number of unbranched alkanes of at least 4 members (excludes halogenated alkanes) is 1. The van der Waals surface area contributed by atoms with Gasteiger partial charge in [-0.2, -0.15) is 0 Å². The summed E-state index contributed by atoms with van der Waals surface area (Å²) in [7, 11) is 0. The Balaban J connectivity index is 4.59. The summed E-state index contributed by atoms with van der Waals surface area (Å²) in [6.45, 7) is -2.24. The molecule has 0 amide bonds. The smallest absolute Gasteiger partial charge is 0.381 e. The van der Waals surface area contributed by atoms with Gasteiger partial charge in [0.1, 0.15) is 6.54 Å². The summed E-state index contributed by atoms with van der Waals surface area (Å²) in [6, 6.07) is 0. The second kappa shape index (κ2) is 9.77. The highest BCUT2D eigenvalue weighted by Crippen LogP contribution is 2.10. The Hall–Kier alpha value is -2.28. The summed E-state index contributed by atoms with van der Waals surface area (Å²) in [5.74, 6) is -9.32. The Morgan fingerprint density at radius 3 is 1.50 bits per heavy atom. The third kappa shape index (κ3) is 8.38. The monoisotopic (exact) mass is 352 g/mol. The molecule has 0 aliphatic rings. The first-order valence-corrected chi connectivity index (χ1v) is 6.77. The van der Waals surface area contributed by atoms with Gasteiger partial charge in [0, 0.05) is 6.54 Å². The first-order chi connectivity index (χ1) is 11.0. The predicted molar refractivity (Wildman–Crippen MR) is 75.0 cm³/mol. The number of carbonyl (C=O) groups is 4. The molecule has 0 bridgehead atoms. The molecule has 12 heteroatoms. The van der Waals surface area contributed by atoms with Gasteiger partial charge in [-0.25, -0.2) is 9.69 Å². The van der Waals surface area contributed by atoms with E-state index in [4.69, 9.17) is 20.4 Å². The van der Waals surface area contributed by atoms with Gasteiger partial charge in [-0.3, -0.25) is 19.3 Å². The molecule has 12 nitrogen and oxygen atoms in total. The number of aliphatic hydroxyl groups is 2. The summed E-state index contributed by atoms with van der Waals surface area (Å²) in [5, 5.41) is 53.5. The SMILES string of the molecule is O=C(O)CN(CCCCN(CC(=O)O)C(O)(O)C(=O)O)CC(=O)O. The minimum Gasteiger partial charge on any atom is -0.480 e. The second-order valence-corrected chi connectivity index (χ2v) is 4.96. The number of rotatable bonds is 13. The highest BCUT2D eigenvalue weighted by atomic mass is 16.6. The fourth-order valence-corrected chi connectivity index (χ4v) is 1.88. The zero-order valence-electron chi connectivity index (χ0n) is 12.7. The van der Waals surface area contributed by atoms with E-state index in [0.717, 1.165) is 4.90 Å². The van der Waals surface area contributed by atoms with Gasteiger partial charge in [-0.15, -0.1) is 0 Å². The summed E-state index contributed by atoms with van der Waals surface area (Å²) < 4.78 is 0. The quantitative estimate of drug-likeness (QED) is 0.149. The topological polar surface area (TPSA) is 196 Å². The molecule has 0 aromatic carbocycles. The van der Waals surface area contributed by atoms with Crippen LogP contribution in [-0.4, -0.2) is 103 Å². The lowest BCUT2D eigenvalue weighted by atomic mass is 10.2. The molecule has 6 N–H and O–H groups in total. The third-order valence-corrected chi connectivity index (χ3v) is 2.92. The van der Waals surface area contributed by atoms with Crippen molar-refractivity contribution in [1.82, 2.24) is 9.80 Å². The van der Waals surface area contributed by atoms with E-state index < -0.39 is 49.4 Å². The zero-order valence-corrected chi connectivity index (χ0v) is 12.7. The molecule has 0 saturated heterocycles. The van der Waals surface area contributed by atoms with Crippen LogP contribution in [-0.2, 0) is 19.2 Å². The fourth-order valence-electron chi connectivity index (χ4n) is 1.88. The highest BCUT2D eigenvalue weighted by Gasteiger charge is 2.41. The van der Waals surface area contributed by atoms with Crippen molar-refractivity contribution in [2.24, 2.45) is 0 Å². The van der Waals surface area contributed by atoms with Gasteiger partial charge in [0.15, 0.2) is 0 Å². The van der Waals surface area contributed by atoms with E-state index in [9.17, 15) is 29.4 Å². The molecule has 0 saturated carbocycles. The van der Waals surface area contributed by atoms with Crippen molar-refractivity contribution in [3.8, 4) is 0 Å². The maximum Gasteiger partial charge on any atom is 0.381 e. The van der Waals surface area contributed by atoms with E-state index >= 15 is 0 Å². The summed E-state index contributed by atoms with van der Waals surface area (Å²) in [5.41, 5.74) is 0. The van der Waals surface area contributed by atoms with Crippen LogP contribution in [0.15, 0.2) is 0 Å². The molecule has 0 atom stereocenters. The Bertz CT molecular complexity index is 462. The molecule has 0 unspecified atom stereocenters. The van der Waals surface area contributed by atoms with Crippen LogP contribution in [0.5, 0.6) is 0 Å². The van der Waals surface area contributed by atoms with Crippen molar-refractivity contribution in [1.29, 1.82) is 0 Å². The molecule has 138 valence electrons. The first kappa shape index (κ1) is 21.7. The van der Waals surface area contributed by atoms with Crippen molar-refractivity contribution in [3.63, 3.8) is 0 Å². The van der Waals surface area contributed by atoms with Gasteiger partial charge in [0.25, 0.3) is 0 Å². The molecule has 0 radical (unpaired) electrons. The lowest BCUT2D eigenvalue weighted by Crippen LogP contribution is -2.56. The van der Waals surface area contributed by atoms with Crippen molar-refractivity contribution >= 4 is 23.9 Å². The Labute approximate surface area is 136 Å². The summed E-state index contributed by atoms with van der Waals surface area (Å²) >= 11 is 0. The second-order valence-electron chi connectivity index (χ2n) is 4.96. The van der Waals surface area contributed by atoms with Gasteiger partial charge in [-0.05, 0) is 19.4 Å². The largest absolute Gasteiger partial charge is 0.480 e. The number of nitrogens with zero attached hydrogens (tertiary/aromatic N) is 2. The van der Waals surface area contributed by atoms with Crippen molar-refractivity contribution in [2.75, 3.05) is 32.7 Å². The van der Waals surface area contributed by atoms with Crippen molar-refractivity contribution in [3.05, 3.63) is 0 Å². The van der Waals surface area contributed by atoms with Gasteiger partial charge in [0.2, 0.25) is 0 Å². The number of aliphatic carboxylic acids is 4. The molecular formula is C12H20N2O10. The van der Waals surface area contributed by atoms with Crippen LogP contribution >= 0.6 is 0 Å². The predicted octanol–water partition coefficient (Wildman–Crippen LogP) is -2.65. The molecule has 0 aliphatic carbocycles. The van der Waals surface area contributed by atoms with Gasteiger partial charge in [0.05, 0.1) is 13.1 Å². The first-order valence-electron chi connectivity index (χ1n) is 6.77. The Kier molecular flexibility index (Phi) is 8.84. The average Bonchev–Trinajstić information content (AvgIpc) is 2.39. The number of hydrogen-bond acceptors (Lipinski definition) is 8. The lowest BCUT2D eigenvalue weighted by molar-refractivity contribution is -0.263. The van der Waals surface area contributed by atoms with Gasteiger partial charge >= 0.3 is 29.8 Å². The molecule has 0 fully saturated rings. The molecule has 0 spiro atoms. The van der Waals surface area contributed by atoms with E-state index in [2.05, 4.69) is 0 Å². The maximum absolute atomic E-state index is 10.8. The maximum atomic E-state index is 10.8. The van der Waals surface area contributed by atoms with Crippen LogP contribution in [0.3, 0.4) is 0 Å². The minimum atomic E-state index is -3.36. The van der Waals surface area contributed by atoms with E-state index in [1.54, 1.807) is 0 Å². The molecule has 0 heterocycles. The van der Waals surface area contributed by atoms with E-state index in [-0.39, 0.29) is 25.9 Å². The highest BCUT2D eigenvalue weighted by molar-refractivity contribution is 5.76. The van der Waals surface area contributed by atoms with E-state index in [1.165, 1.54) is 0 Å². The fraction of sp³-hybridized carbons (Fsp3) is 0.667. The van der Waals surface area contributed by atoms with Crippen LogP contribution < -0.4 is 0 Å². The molecule has 0 aromatic heterocycles. The van der Waals surface area contributed by atoms with Crippen LogP contribution in [0.4, 0.5) is 0 Å². The molecule has 0 aromatic rings. The van der Waals surface area contributed by atoms with Crippen LogP contribution in [0, 0.1) is 0 Å². The zero-order chi connectivity index (χ0) is 18.9. The summed E-state index contributed by atoms with van der Waals surface area (Å²) in [4.78, 5) is 44.2. The van der Waals surface area contributed by atoms with Gasteiger partial charge in [-0.1, -0.05) is 0 Å². The summed E-state index contributed by atoms with van der Waals surface area (Å²) in [6.07, 6.45) is 0.269. The number of carboxylic acid groups (broad SMARTS) is 4. The molecule has 24 heavy (non-hydrogen) atoms. The minimum absolute atomic E-state index is 0.0381. The Morgan fingerprint density at radius 2 is 1.12 bits per heavy atom. The van der Waals surface area contributed by atoms with Crippen LogP contribution in [0.25, 0.3) is 0 Å². The van der Waals surface area contributed by atoms with Crippen LogP contribution in [0.1, 0.15) is 12.8 Å². The van der Waals surface area contributed by atoms with Crippen LogP contribution in [0.2, 0.25) is 0 Å². The lowest BCUT2D eigenvalue weighted by Gasteiger charge is -2.30.